The van der Waals surface area contributed by atoms with Crippen molar-refractivity contribution >= 4 is 5.69 Å². The Morgan fingerprint density at radius 2 is 1.73 bits per heavy atom. The molecule has 0 radical (unpaired) electrons. The molecule has 1 aliphatic heterocycles. The van der Waals surface area contributed by atoms with Crippen molar-refractivity contribution in [2.24, 2.45) is 0 Å². The van der Waals surface area contributed by atoms with Gasteiger partial charge in [-0.25, -0.2) is 0 Å². The molecule has 33 heavy (non-hydrogen) atoms. The Kier molecular flexibility index (Phi) is 7.58. The third-order valence-corrected chi connectivity index (χ3v) is 6.17. The predicted octanol–water partition coefficient (Wildman–Crippen LogP) is 5.61. The summed E-state index contributed by atoms with van der Waals surface area (Å²) in [7, 11) is 0. The van der Waals surface area contributed by atoms with Gasteiger partial charge in [0.25, 0.3) is 5.69 Å². The molecular formula is C27H30N2O4. The van der Waals surface area contributed by atoms with E-state index in [1.54, 1.807) is 12.1 Å². The molecule has 6 nitrogen and oxygen atoms in total. The van der Waals surface area contributed by atoms with Crippen molar-refractivity contribution in [3.05, 3.63) is 100 Å². The zero-order valence-corrected chi connectivity index (χ0v) is 18.9. The van der Waals surface area contributed by atoms with Gasteiger partial charge in [0.2, 0.25) is 0 Å². The second-order valence-corrected chi connectivity index (χ2v) is 8.48. The fourth-order valence-corrected chi connectivity index (χ4v) is 4.36. The molecular weight excluding hydrogens is 416 g/mol. The fourth-order valence-electron chi connectivity index (χ4n) is 4.36. The number of para-hydroxylation sites is 1. The first-order valence-corrected chi connectivity index (χ1v) is 11.5. The second kappa shape index (κ2) is 11.0. The zero-order valence-electron chi connectivity index (χ0n) is 18.9. The minimum Gasteiger partial charge on any atom is -0.494 e. The highest BCUT2D eigenvalue weighted by Gasteiger charge is 2.32. The van der Waals surface area contributed by atoms with E-state index in [-0.39, 0.29) is 11.8 Å². The summed E-state index contributed by atoms with van der Waals surface area (Å²) in [6.07, 6.45) is 2.00. The van der Waals surface area contributed by atoms with E-state index in [9.17, 15) is 10.1 Å². The highest BCUT2D eigenvalue weighted by atomic mass is 16.6. The van der Waals surface area contributed by atoms with Crippen LogP contribution in [0.25, 0.3) is 0 Å². The largest absolute Gasteiger partial charge is 0.494 e. The summed E-state index contributed by atoms with van der Waals surface area (Å²) in [5.41, 5.74) is 2.54. The first-order chi connectivity index (χ1) is 16.1. The van der Waals surface area contributed by atoms with Gasteiger partial charge in [-0.3, -0.25) is 10.1 Å². The molecule has 0 amide bonds. The Morgan fingerprint density at radius 1 is 1.00 bits per heavy atom. The van der Waals surface area contributed by atoms with Gasteiger partial charge in [0.15, 0.2) is 0 Å². The summed E-state index contributed by atoms with van der Waals surface area (Å²) >= 11 is 0. The molecule has 0 spiro atoms. The quantitative estimate of drug-likeness (QED) is 0.243. The second-order valence-electron chi connectivity index (χ2n) is 8.48. The summed E-state index contributed by atoms with van der Waals surface area (Å²) in [4.78, 5) is 12.8. The average molecular weight is 447 g/mol. The predicted molar refractivity (Wildman–Crippen MR) is 129 cm³/mol. The Bertz CT molecular complexity index is 1040. The average Bonchev–Trinajstić information content (AvgIpc) is 2.85. The van der Waals surface area contributed by atoms with Crippen molar-refractivity contribution in [1.82, 2.24) is 4.90 Å². The zero-order chi connectivity index (χ0) is 23.0. The van der Waals surface area contributed by atoms with Gasteiger partial charge in [-0.2, -0.15) is 0 Å². The Balaban J connectivity index is 1.33. The maximum Gasteiger partial charge on any atom is 0.269 e. The van der Waals surface area contributed by atoms with Gasteiger partial charge in [0, 0.05) is 37.7 Å². The van der Waals surface area contributed by atoms with Gasteiger partial charge < -0.3 is 14.4 Å². The van der Waals surface area contributed by atoms with Gasteiger partial charge in [-0.15, -0.1) is 0 Å². The monoisotopic (exact) mass is 446 g/mol. The SMILES string of the molecule is Cc1ccccc1O[C@H]1CCN(CCCOc2ccc([N+](=O)[O-])cc2)C[C@H]1c1ccccc1. The number of hydrogen-bond donors (Lipinski definition) is 0. The molecule has 0 aromatic heterocycles. The Hall–Kier alpha value is -3.38. The molecule has 0 unspecified atom stereocenters. The topological polar surface area (TPSA) is 64.8 Å². The summed E-state index contributed by atoms with van der Waals surface area (Å²) in [6.45, 7) is 5.53. The van der Waals surface area contributed by atoms with E-state index in [2.05, 4.69) is 54.3 Å². The van der Waals surface area contributed by atoms with Crippen molar-refractivity contribution in [3.63, 3.8) is 0 Å². The molecule has 1 aliphatic rings. The van der Waals surface area contributed by atoms with Crippen LogP contribution in [0.4, 0.5) is 5.69 Å². The number of piperidine rings is 1. The van der Waals surface area contributed by atoms with Crippen molar-refractivity contribution in [3.8, 4) is 11.5 Å². The number of nitro groups is 1. The van der Waals surface area contributed by atoms with Crippen LogP contribution in [0.15, 0.2) is 78.9 Å². The summed E-state index contributed by atoms with van der Waals surface area (Å²) in [5.74, 6) is 1.93. The van der Waals surface area contributed by atoms with Gasteiger partial charge in [0.05, 0.1) is 11.5 Å². The maximum atomic E-state index is 10.8. The molecule has 0 aliphatic carbocycles. The summed E-state index contributed by atoms with van der Waals surface area (Å²) in [5, 5.41) is 10.8. The fraction of sp³-hybridized carbons (Fsp3) is 0.333. The molecule has 0 N–H and O–H groups in total. The molecule has 3 aromatic carbocycles. The number of nitrogens with zero attached hydrogens (tertiary/aromatic N) is 2. The van der Waals surface area contributed by atoms with Gasteiger partial charge >= 0.3 is 0 Å². The molecule has 172 valence electrons. The van der Waals surface area contributed by atoms with Crippen LogP contribution >= 0.6 is 0 Å². The third kappa shape index (κ3) is 6.11. The van der Waals surface area contributed by atoms with Gasteiger partial charge in [0.1, 0.15) is 17.6 Å². The number of nitro benzene ring substituents is 1. The van der Waals surface area contributed by atoms with E-state index < -0.39 is 4.92 Å². The number of ether oxygens (including phenoxy) is 2. The molecule has 4 rings (SSSR count). The van der Waals surface area contributed by atoms with Crippen LogP contribution in [0, 0.1) is 17.0 Å². The minimum absolute atomic E-state index is 0.0742. The van der Waals surface area contributed by atoms with Crippen molar-refractivity contribution in [1.29, 1.82) is 0 Å². The number of rotatable bonds is 9. The Labute approximate surface area is 194 Å². The molecule has 1 saturated heterocycles. The Morgan fingerprint density at radius 3 is 2.45 bits per heavy atom. The van der Waals surface area contributed by atoms with E-state index in [1.165, 1.54) is 17.7 Å². The first-order valence-electron chi connectivity index (χ1n) is 11.5. The van der Waals surface area contributed by atoms with Gasteiger partial charge in [-0.05, 0) is 49.1 Å². The molecule has 1 heterocycles. The number of likely N-dealkylation sites (tertiary alicyclic amines) is 1. The number of benzene rings is 3. The molecule has 1 fully saturated rings. The lowest BCUT2D eigenvalue weighted by molar-refractivity contribution is -0.384. The highest BCUT2D eigenvalue weighted by Crippen LogP contribution is 2.32. The third-order valence-electron chi connectivity index (χ3n) is 6.17. The maximum absolute atomic E-state index is 10.8. The van der Waals surface area contributed by atoms with E-state index in [0.717, 1.165) is 43.8 Å². The van der Waals surface area contributed by atoms with Crippen LogP contribution in [-0.2, 0) is 0 Å². The van der Waals surface area contributed by atoms with Crippen molar-refractivity contribution in [2.75, 3.05) is 26.2 Å². The lowest BCUT2D eigenvalue weighted by Crippen LogP contribution is -2.44. The van der Waals surface area contributed by atoms with E-state index in [4.69, 9.17) is 9.47 Å². The van der Waals surface area contributed by atoms with Crippen molar-refractivity contribution < 1.29 is 14.4 Å². The normalized spacial score (nSPS) is 18.6. The molecule has 6 heteroatoms. The molecule has 0 saturated carbocycles. The minimum atomic E-state index is -0.403. The number of non-ortho nitro benzene ring substituents is 1. The lowest BCUT2D eigenvalue weighted by atomic mass is 9.87. The molecule has 0 bridgehead atoms. The van der Waals surface area contributed by atoms with E-state index in [1.807, 2.05) is 12.1 Å². The van der Waals surface area contributed by atoms with E-state index in [0.29, 0.717) is 18.3 Å². The van der Waals surface area contributed by atoms with Crippen LogP contribution < -0.4 is 9.47 Å². The standard InChI is InChI=1S/C27H30N2O4/c1-21-8-5-6-11-26(21)33-27-16-18-28(20-25(27)22-9-3-2-4-10-22)17-7-19-32-24-14-12-23(13-15-24)29(30)31/h2-6,8-15,25,27H,7,16-20H2,1H3/t25-,27-/m0/s1. The first kappa shape index (κ1) is 22.8. The van der Waals surface area contributed by atoms with Crippen LogP contribution in [-0.4, -0.2) is 42.2 Å². The van der Waals surface area contributed by atoms with Crippen LogP contribution in [0.1, 0.15) is 29.9 Å². The summed E-state index contributed by atoms with van der Waals surface area (Å²) in [6, 6.07) is 25.1. The summed E-state index contributed by atoms with van der Waals surface area (Å²) < 4.78 is 12.3. The van der Waals surface area contributed by atoms with Gasteiger partial charge in [-0.1, -0.05) is 48.5 Å². The number of aryl methyl sites for hydroxylation is 1. The van der Waals surface area contributed by atoms with Crippen LogP contribution in [0.5, 0.6) is 11.5 Å². The number of hydrogen-bond acceptors (Lipinski definition) is 5. The highest BCUT2D eigenvalue weighted by molar-refractivity contribution is 5.36. The lowest BCUT2D eigenvalue weighted by Gasteiger charge is -2.39. The van der Waals surface area contributed by atoms with Crippen molar-refractivity contribution in [2.45, 2.75) is 31.8 Å². The molecule has 2 atom stereocenters. The van der Waals surface area contributed by atoms with Crippen LogP contribution in [0.3, 0.4) is 0 Å². The van der Waals surface area contributed by atoms with Crippen LogP contribution in [0.2, 0.25) is 0 Å². The molecule has 3 aromatic rings. The smallest absolute Gasteiger partial charge is 0.269 e. The van der Waals surface area contributed by atoms with E-state index >= 15 is 0 Å².